The summed E-state index contributed by atoms with van der Waals surface area (Å²) in [7, 11) is 0. The SMILES string of the molecule is CCCCc1ccc(-c2ncc(C[C@H](NC(=O)OC(C)(C)C)C(=O)N[C@@H](Cc3c[nH]c4ccccc34)C(=O)N[C@@H](CCCN=C(N)N)C(=O)NCc3ccccc3)[nH]2)cc1. The summed E-state index contributed by atoms with van der Waals surface area (Å²) in [6, 6.07) is 21.8. The molecule has 0 fully saturated rings. The van der Waals surface area contributed by atoms with Gasteiger partial charge in [0, 0.05) is 60.5 Å². The summed E-state index contributed by atoms with van der Waals surface area (Å²) in [6.45, 7) is 7.82. The summed E-state index contributed by atoms with van der Waals surface area (Å²) >= 11 is 0. The molecule has 0 spiro atoms. The lowest BCUT2D eigenvalue weighted by molar-refractivity contribution is -0.132. The zero-order valence-corrected chi connectivity index (χ0v) is 34.8. The Morgan fingerprint density at radius 3 is 2.18 bits per heavy atom. The van der Waals surface area contributed by atoms with Crippen molar-refractivity contribution in [2.45, 2.75) is 103 Å². The van der Waals surface area contributed by atoms with Gasteiger partial charge in [0.25, 0.3) is 0 Å². The van der Waals surface area contributed by atoms with Crippen LogP contribution >= 0.6 is 0 Å². The molecule has 4 amide bonds. The molecule has 15 heteroatoms. The smallest absolute Gasteiger partial charge is 0.408 e. The standard InChI is InChI=1S/C45H58N10O5/c1-5-6-13-29-19-21-31(22-20-29)39-50-28-33(52-39)25-38(55-44(59)60-45(2,3)4)42(58)54-37(24-32-27-49-35-17-11-10-16-34(32)35)41(57)53-36(18-12-23-48-43(46)47)40(56)51-26-30-14-8-7-9-15-30/h7-11,14-17,19-22,27-28,36-38,49H,5-6,12-13,18,23-26H2,1-4H3,(H,50,52)(H,51,56)(H,53,57)(H,54,58)(H,55,59)(H4,46,47,48)/t36-,37-,38-/m0/s1. The number of rotatable bonds is 20. The second-order valence-corrected chi connectivity index (χ2v) is 15.8. The third-order valence-electron chi connectivity index (χ3n) is 9.73. The predicted molar refractivity (Wildman–Crippen MR) is 234 cm³/mol. The number of benzene rings is 3. The van der Waals surface area contributed by atoms with Crippen LogP contribution in [0.3, 0.4) is 0 Å². The van der Waals surface area contributed by atoms with Crippen LogP contribution in [0.2, 0.25) is 0 Å². The van der Waals surface area contributed by atoms with Crippen LogP contribution in [0.5, 0.6) is 0 Å². The van der Waals surface area contributed by atoms with Crippen LogP contribution in [0, 0.1) is 0 Å². The van der Waals surface area contributed by atoms with E-state index < -0.39 is 47.5 Å². The number of unbranched alkanes of at least 4 members (excludes halogenated alkanes) is 1. The molecule has 5 rings (SSSR count). The number of nitrogens with two attached hydrogens (primary N) is 2. The predicted octanol–water partition coefficient (Wildman–Crippen LogP) is 4.92. The number of para-hydroxylation sites is 1. The number of aromatic nitrogens is 3. The number of guanidine groups is 1. The molecule has 0 radical (unpaired) electrons. The van der Waals surface area contributed by atoms with Gasteiger partial charge >= 0.3 is 6.09 Å². The zero-order chi connectivity index (χ0) is 43.1. The minimum Gasteiger partial charge on any atom is -0.444 e. The number of hydrogen-bond donors (Lipinski definition) is 8. The van der Waals surface area contributed by atoms with Crippen molar-refractivity contribution >= 4 is 40.7 Å². The van der Waals surface area contributed by atoms with E-state index in [0.29, 0.717) is 17.9 Å². The molecule has 5 aromatic rings. The first-order chi connectivity index (χ1) is 28.8. The molecular formula is C45H58N10O5. The van der Waals surface area contributed by atoms with Crippen molar-refractivity contribution < 1.29 is 23.9 Å². The number of nitrogens with one attached hydrogen (secondary N) is 6. The van der Waals surface area contributed by atoms with Crippen LogP contribution in [-0.4, -0.2) is 75.0 Å². The van der Waals surface area contributed by atoms with Crippen LogP contribution in [0.15, 0.2) is 96.2 Å². The van der Waals surface area contributed by atoms with Gasteiger partial charge in [0.1, 0.15) is 29.6 Å². The van der Waals surface area contributed by atoms with Crippen LogP contribution < -0.4 is 32.7 Å². The van der Waals surface area contributed by atoms with E-state index in [1.165, 1.54) is 5.56 Å². The fourth-order valence-corrected chi connectivity index (χ4v) is 6.65. The van der Waals surface area contributed by atoms with E-state index in [0.717, 1.165) is 46.9 Å². The Labute approximate surface area is 350 Å². The number of aryl methyl sites for hydroxylation is 1. The molecule has 0 aliphatic rings. The molecule has 15 nitrogen and oxygen atoms in total. The van der Waals surface area contributed by atoms with Crippen molar-refractivity contribution in [1.29, 1.82) is 0 Å². The number of imidazole rings is 1. The highest BCUT2D eigenvalue weighted by Crippen LogP contribution is 2.21. The van der Waals surface area contributed by atoms with Gasteiger partial charge in [0.15, 0.2) is 5.96 Å². The highest BCUT2D eigenvalue weighted by atomic mass is 16.6. The van der Waals surface area contributed by atoms with Gasteiger partial charge in [-0.2, -0.15) is 0 Å². The molecule has 3 atom stereocenters. The molecule has 0 saturated heterocycles. The van der Waals surface area contributed by atoms with Gasteiger partial charge in [0.05, 0.1) is 0 Å². The molecule has 10 N–H and O–H groups in total. The zero-order valence-electron chi connectivity index (χ0n) is 34.8. The lowest BCUT2D eigenvalue weighted by Gasteiger charge is -2.26. The molecule has 2 heterocycles. The van der Waals surface area contributed by atoms with Crippen molar-refractivity contribution in [1.82, 2.24) is 36.2 Å². The number of ether oxygens (including phenoxy) is 1. The van der Waals surface area contributed by atoms with Crippen LogP contribution in [0.25, 0.3) is 22.3 Å². The second kappa shape index (κ2) is 21.4. The fourth-order valence-electron chi connectivity index (χ4n) is 6.65. The summed E-state index contributed by atoms with van der Waals surface area (Å²) in [4.78, 5) is 70.7. The number of nitrogens with zero attached hydrogens (tertiary/aromatic N) is 2. The number of aliphatic imine (C=N–C) groups is 1. The van der Waals surface area contributed by atoms with E-state index in [2.05, 4.69) is 60.3 Å². The van der Waals surface area contributed by atoms with E-state index in [4.69, 9.17) is 16.2 Å². The van der Waals surface area contributed by atoms with Crippen molar-refractivity contribution in [3.05, 3.63) is 114 Å². The quantitative estimate of drug-likeness (QED) is 0.0304. The van der Waals surface area contributed by atoms with Crippen molar-refractivity contribution in [3.8, 4) is 11.4 Å². The second-order valence-electron chi connectivity index (χ2n) is 15.8. The number of fused-ring (bicyclic) bond motifs is 1. The van der Waals surface area contributed by atoms with E-state index in [-0.39, 0.29) is 38.3 Å². The molecule has 318 valence electrons. The molecule has 2 aromatic heterocycles. The average molecular weight is 819 g/mol. The van der Waals surface area contributed by atoms with Gasteiger partial charge in [-0.3, -0.25) is 19.4 Å². The Balaban J connectivity index is 1.40. The summed E-state index contributed by atoms with van der Waals surface area (Å²) in [6.07, 6.45) is 6.48. The van der Waals surface area contributed by atoms with Gasteiger partial charge < -0.3 is 47.4 Å². The summed E-state index contributed by atoms with van der Waals surface area (Å²) in [5.41, 5.74) is 15.4. The Morgan fingerprint density at radius 1 is 0.800 bits per heavy atom. The molecule has 0 bridgehead atoms. The Kier molecular flexibility index (Phi) is 15.8. The topological polar surface area (TPSA) is 234 Å². The van der Waals surface area contributed by atoms with Gasteiger partial charge in [-0.15, -0.1) is 0 Å². The summed E-state index contributed by atoms with van der Waals surface area (Å²) < 4.78 is 5.54. The number of carbonyl (C=O) groups excluding carboxylic acids is 4. The number of carbonyl (C=O) groups is 4. The highest BCUT2D eigenvalue weighted by Gasteiger charge is 2.32. The lowest BCUT2D eigenvalue weighted by atomic mass is 10.0. The third-order valence-corrected chi connectivity index (χ3v) is 9.73. The summed E-state index contributed by atoms with van der Waals surface area (Å²) in [5, 5.41) is 12.3. The molecular weight excluding hydrogens is 761 g/mol. The lowest BCUT2D eigenvalue weighted by Crippen LogP contribution is -2.58. The maximum atomic E-state index is 14.4. The van der Waals surface area contributed by atoms with Gasteiger partial charge in [-0.25, -0.2) is 9.78 Å². The Morgan fingerprint density at radius 2 is 1.48 bits per heavy atom. The first-order valence-corrected chi connectivity index (χ1v) is 20.4. The van der Waals surface area contributed by atoms with E-state index in [1.807, 2.05) is 66.7 Å². The molecule has 0 unspecified atom stereocenters. The van der Waals surface area contributed by atoms with Crippen molar-refractivity contribution in [2.75, 3.05) is 6.54 Å². The Bertz CT molecular complexity index is 2200. The number of amides is 4. The van der Waals surface area contributed by atoms with Crippen molar-refractivity contribution in [3.63, 3.8) is 0 Å². The monoisotopic (exact) mass is 818 g/mol. The molecule has 3 aromatic carbocycles. The van der Waals surface area contributed by atoms with Crippen molar-refractivity contribution in [2.24, 2.45) is 16.5 Å². The maximum absolute atomic E-state index is 14.4. The fraction of sp³-hybridized carbons (Fsp3) is 0.378. The number of H-pyrrole nitrogens is 2. The van der Waals surface area contributed by atoms with E-state index in [1.54, 1.807) is 33.2 Å². The minimum absolute atomic E-state index is 0.00337. The number of aromatic amines is 2. The molecule has 0 saturated carbocycles. The number of hydrogen-bond acceptors (Lipinski definition) is 7. The highest BCUT2D eigenvalue weighted by molar-refractivity contribution is 5.95. The van der Waals surface area contributed by atoms with Gasteiger partial charge in [-0.1, -0.05) is 86.1 Å². The minimum atomic E-state index is -1.19. The first kappa shape index (κ1) is 44.5. The first-order valence-electron chi connectivity index (χ1n) is 20.4. The van der Waals surface area contributed by atoms with Crippen LogP contribution in [-0.2, 0) is 44.9 Å². The summed E-state index contributed by atoms with van der Waals surface area (Å²) in [5.74, 6) is -1.13. The van der Waals surface area contributed by atoms with Gasteiger partial charge in [0.2, 0.25) is 17.7 Å². The maximum Gasteiger partial charge on any atom is 0.408 e. The largest absolute Gasteiger partial charge is 0.444 e. The average Bonchev–Trinajstić information content (AvgIpc) is 3.86. The molecule has 60 heavy (non-hydrogen) atoms. The molecule has 0 aliphatic carbocycles. The Hall–Kier alpha value is -6.64. The van der Waals surface area contributed by atoms with Crippen LogP contribution in [0.1, 0.15) is 75.8 Å². The van der Waals surface area contributed by atoms with E-state index >= 15 is 0 Å². The molecule has 0 aliphatic heterocycles. The number of alkyl carbamates (subject to hydrolysis) is 1. The van der Waals surface area contributed by atoms with E-state index in [9.17, 15) is 19.2 Å². The normalized spacial score (nSPS) is 12.8. The van der Waals surface area contributed by atoms with Gasteiger partial charge in [-0.05, 0) is 69.2 Å². The third kappa shape index (κ3) is 13.7. The van der Waals surface area contributed by atoms with Crippen LogP contribution in [0.4, 0.5) is 4.79 Å².